The number of rotatable bonds is 5. The molecule has 1 N–H and O–H groups in total. The van der Waals surface area contributed by atoms with Crippen LogP contribution in [0.15, 0.2) is 42.5 Å². The van der Waals surface area contributed by atoms with Gasteiger partial charge in [-0.05, 0) is 43.2 Å². The van der Waals surface area contributed by atoms with Gasteiger partial charge in [-0.25, -0.2) is 9.59 Å². The predicted molar refractivity (Wildman–Crippen MR) is 109 cm³/mol. The summed E-state index contributed by atoms with van der Waals surface area (Å²) in [6.07, 6.45) is -1.53. The summed E-state index contributed by atoms with van der Waals surface area (Å²) < 4.78 is 15.8. The van der Waals surface area contributed by atoms with Crippen molar-refractivity contribution < 1.29 is 23.8 Å². The molecule has 154 valence electrons. The van der Waals surface area contributed by atoms with E-state index in [4.69, 9.17) is 14.2 Å². The first-order valence-electron chi connectivity index (χ1n) is 9.62. The van der Waals surface area contributed by atoms with Crippen LogP contribution in [0.5, 0.6) is 0 Å². The summed E-state index contributed by atoms with van der Waals surface area (Å²) in [7, 11) is 0. The Morgan fingerprint density at radius 1 is 1.00 bits per heavy atom. The van der Waals surface area contributed by atoms with Crippen molar-refractivity contribution in [3.63, 3.8) is 0 Å². The molecule has 2 aromatic carbocycles. The van der Waals surface area contributed by atoms with Crippen molar-refractivity contribution >= 4 is 23.4 Å². The van der Waals surface area contributed by atoms with E-state index in [9.17, 15) is 9.59 Å². The van der Waals surface area contributed by atoms with Crippen molar-refractivity contribution in [2.24, 2.45) is 0 Å². The highest BCUT2D eigenvalue weighted by Crippen LogP contribution is 2.26. The molecule has 0 aliphatic carbocycles. The van der Waals surface area contributed by atoms with E-state index in [1.807, 2.05) is 44.2 Å². The Morgan fingerprint density at radius 2 is 1.69 bits per heavy atom. The maximum absolute atomic E-state index is 12.7. The summed E-state index contributed by atoms with van der Waals surface area (Å²) in [6, 6.07) is 13.0. The molecule has 1 aliphatic rings. The lowest BCUT2D eigenvalue weighted by Crippen LogP contribution is -2.42. The standard InChI is InChI=1S/C22H26N2O5/c1-15-7-6-10-19(16(15)2)23-20-9-5-4-8-18(20)21(25)28-17(3)29-22(26)24-11-13-27-14-12-24/h4-10,17,23H,11-14H2,1-3H3. The van der Waals surface area contributed by atoms with E-state index in [1.165, 1.54) is 11.8 Å². The summed E-state index contributed by atoms with van der Waals surface area (Å²) in [5, 5.41) is 3.30. The number of carbonyl (C=O) groups excluding carboxylic acids is 2. The minimum atomic E-state index is -1.01. The summed E-state index contributed by atoms with van der Waals surface area (Å²) in [6.45, 7) is 7.44. The Bertz CT molecular complexity index is 877. The Balaban J connectivity index is 1.66. The largest absolute Gasteiger partial charge is 0.422 e. The highest BCUT2D eigenvalue weighted by Gasteiger charge is 2.23. The van der Waals surface area contributed by atoms with Gasteiger partial charge in [0.15, 0.2) is 0 Å². The molecule has 1 unspecified atom stereocenters. The number of hydrogen-bond acceptors (Lipinski definition) is 6. The van der Waals surface area contributed by atoms with E-state index in [1.54, 1.807) is 12.1 Å². The number of hydrogen-bond donors (Lipinski definition) is 1. The van der Waals surface area contributed by atoms with Gasteiger partial charge in [-0.15, -0.1) is 0 Å². The molecule has 0 saturated carbocycles. The predicted octanol–water partition coefficient (Wildman–Crippen LogP) is 4.02. The molecule has 2 aromatic rings. The van der Waals surface area contributed by atoms with Crippen LogP contribution in [-0.4, -0.2) is 49.6 Å². The summed E-state index contributed by atoms with van der Waals surface area (Å²) >= 11 is 0. The van der Waals surface area contributed by atoms with Gasteiger partial charge in [-0.2, -0.15) is 0 Å². The second-order valence-electron chi connectivity index (χ2n) is 6.87. The second-order valence-corrected chi connectivity index (χ2v) is 6.87. The van der Waals surface area contributed by atoms with Crippen LogP contribution in [0.4, 0.5) is 16.2 Å². The number of nitrogens with one attached hydrogen (secondary N) is 1. The smallest absolute Gasteiger partial charge is 0.413 e. The van der Waals surface area contributed by atoms with Crippen LogP contribution in [-0.2, 0) is 14.2 Å². The van der Waals surface area contributed by atoms with Crippen LogP contribution in [0.3, 0.4) is 0 Å². The van der Waals surface area contributed by atoms with E-state index >= 15 is 0 Å². The van der Waals surface area contributed by atoms with Gasteiger partial charge in [0.05, 0.1) is 24.5 Å². The summed E-state index contributed by atoms with van der Waals surface area (Å²) in [4.78, 5) is 26.4. The van der Waals surface area contributed by atoms with Crippen molar-refractivity contribution in [2.45, 2.75) is 27.1 Å². The first-order chi connectivity index (χ1) is 14.0. The fraction of sp³-hybridized carbons (Fsp3) is 0.364. The maximum atomic E-state index is 12.7. The minimum Gasteiger partial charge on any atom is -0.422 e. The lowest BCUT2D eigenvalue weighted by Gasteiger charge is -2.27. The van der Waals surface area contributed by atoms with Gasteiger partial charge in [-0.1, -0.05) is 24.3 Å². The zero-order valence-corrected chi connectivity index (χ0v) is 16.9. The summed E-state index contributed by atoms with van der Waals surface area (Å²) in [5.74, 6) is -0.569. The topological polar surface area (TPSA) is 77.1 Å². The number of anilines is 2. The Hall–Kier alpha value is -3.06. The Kier molecular flexibility index (Phi) is 6.72. The highest BCUT2D eigenvalue weighted by molar-refractivity contribution is 5.96. The molecule has 0 radical (unpaired) electrons. The van der Waals surface area contributed by atoms with Crippen LogP contribution < -0.4 is 5.32 Å². The molecule has 0 bridgehead atoms. The van der Waals surface area contributed by atoms with E-state index in [2.05, 4.69) is 5.32 Å². The lowest BCUT2D eigenvalue weighted by molar-refractivity contribution is -0.0752. The molecule has 0 aromatic heterocycles. The van der Waals surface area contributed by atoms with E-state index in [-0.39, 0.29) is 0 Å². The minimum absolute atomic E-state index is 0.364. The fourth-order valence-corrected chi connectivity index (χ4v) is 3.00. The van der Waals surface area contributed by atoms with E-state index in [0.29, 0.717) is 37.6 Å². The van der Waals surface area contributed by atoms with Gasteiger partial charge in [0.2, 0.25) is 6.29 Å². The third-order valence-corrected chi connectivity index (χ3v) is 4.83. The third kappa shape index (κ3) is 5.26. The number of benzene rings is 2. The molecule has 1 heterocycles. The van der Waals surface area contributed by atoms with Gasteiger partial charge >= 0.3 is 12.1 Å². The number of aryl methyl sites for hydroxylation is 1. The van der Waals surface area contributed by atoms with Crippen LogP contribution in [0, 0.1) is 13.8 Å². The first-order valence-corrected chi connectivity index (χ1v) is 9.62. The van der Waals surface area contributed by atoms with Crippen LogP contribution >= 0.6 is 0 Å². The van der Waals surface area contributed by atoms with Gasteiger partial charge in [0.1, 0.15) is 0 Å². The number of ether oxygens (including phenoxy) is 3. The molecule has 0 spiro atoms. The lowest BCUT2D eigenvalue weighted by atomic mass is 10.1. The van der Waals surface area contributed by atoms with Crippen molar-refractivity contribution in [3.8, 4) is 0 Å². The molecule has 1 atom stereocenters. The molecule has 1 fully saturated rings. The third-order valence-electron chi connectivity index (χ3n) is 4.83. The second kappa shape index (κ2) is 9.43. The molecule has 7 nitrogen and oxygen atoms in total. The molecular formula is C22H26N2O5. The fourth-order valence-electron chi connectivity index (χ4n) is 3.00. The Labute approximate surface area is 170 Å². The zero-order valence-electron chi connectivity index (χ0n) is 16.9. The molecular weight excluding hydrogens is 372 g/mol. The average Bonchev–Trinajstić information content (AvgIpc) is 2.72. The molecule has 1 aliphatic heterocycles. The molecule has 1 amide bonds. The number of nitrogens with zero attached hydrogens (tertiary/aromatic N) is 1. The highest BCUT2D eigenvalue weighted by atomic mass is 16.7. The zero-order chi connectivity index (χ0) is 20.8. The van der Waals surface area contributed by atoms with Gasteiger partial charge in [-0.3, -0.25) is 0 Å². The van der Waals surface area contributed by atoms with Crippen molar-refractivity contribution in [1.82, 2.24) is 4.90 Å². The number of esters is 1. The van der Waals surface area contributed by atoms with Crippen molar-refractivity contribution in [3.05, 3.63) is 59.2 Å². The van der Waals surface area contributed by atoms with Gasteiger partial charge < -0.3 is 24.4 Å². The molecule has 7 heteroatoms. The summed E-state index contributed by atoms with van der Waals surface area (Å²) in [5.41, 5.74) is 4.15. The SMILES string of the molecule is Cc1cccc(Nc2ccccc2C(=O)OC(C)OC(=O)N2CCOCC2)c1C. The Morgan fingerprint density at radius 3 is 2.45 bits per heavy atom. The number of amides is 1. The molecule has 3 rings (SSSR count). The quantitative estimate of drug-likeness (QED) is 0.606. The van der Waals surface area contributed by atoms with Gasteiger partial charge in [0.25, 0.3) is 0 Å². The molecule has 29 heavy (non-hydrogen) atoms. The van der Waals surface area contributed by atoms with Gasteiger partial charge in [0, 0.05) is 25.7 Å². The average molecular weight is 398 g/mol. The van der Waals surface area contributed by atoms with Crippen LogP contribution in [0.1, 0.15) is 28.4 Å². The normalized spacial score (nSPS) is 14.8. The van der Waals surface area contributed by atoms with Crippen LogP contribution in [0.2, 0.25) is 0 Å². The first kappa shape index (κ1) is 20.7. The van der Waals surface area contributed by atoms with E-state index in [0.717, 1.165) is 16.8 Å². The van der Waals surface area contributed by atoms with Crippen molar-refractivity contribution in [1.29, 1.82) is 0 Å². The van der Waals surface area contributed by atoms with E-state index < -0.39 is 18.4 Å². The van der Waals surface area contributed by atoms with Crippen molar-refractivity contribution in [2.75, 3.05) is 31.6 Å². The maximum Gasteiger partial charge on any atom is 0.413 e. The number of morpholine rings is 1. The number of carbonyl (C=O) groups is 2. The van der Waals surface area contributed by atoms with Crippen LogP contribution in [0.25, 0.3) is 0 Å². The molecule has 1 saturated heterocycles. The monoisotopic (exact) mass is 398 g/mol. The number of para-hydroxylation sites is 1.